The maximum Gasteiger partial charge on any atom is 0.262 e. The van der Waals surface area contributed by atoms with Gasteiger partial charge in [-0.3, -0.25) is 14.3 Å². The van der Waals surface area contributed by atoms with Crippen molar-refractivity contribution >= 4 is 38.9 Å². The largest absolute Gasteiger partial charge is 0.454 e. The first-order chi connectivity index (χ1) is 16.1. The third-order valence-electron chi connectivity index (χ3n) is 5.52. The molecule has 8 nitrogen and oxygen atoms in total. The number of aryl methyl sites for hydroxylation is 2. The molecule has 2 N–H and O–H groups in total. The minimum atomic E-state index is -3.96. The van der Waals surface area contributed by atoms with Gasteiger partial charge < -0.3 is 15.0 Å². The van der Waals surface area contributed by atoms with E-state index in [9.17, 15) is 18.0 Å². The van der Waals surface area contributed by atoms with Crippen LogP contribution in [0.25, 0.3) is 0 Å². The molecule has 4 rings (SSSR count). The van der Waals surface area contributed by atoms with Gasteiger partial charge in [0.15, 0.2) is 5.75 Å². The number of anilines is 3. The van der Waals surface area contributed by atoms with E-state index in [2.05, 4.69) is 10.0 Å². The molecule has 3 aromatic carbocycles. The predicted octanol–water partition coefficient (Wildman–Crippen LogP) is 4.84. The van der Waals surface area contributed by atoms with Gasteiger partial charge in [-0.15, -0.1) is 0 Å². The highest BCUT2D eigenvalue weighted by atomic mass is 32.2. The summed E-state index contributed by atoms with van der Waals surface area (Å²) in [6.07, 6.45) is 0. The van der Waals surface area contributed by atoms with Crippen LogP contribution < -0.4 is 19.7 Å². The van der Waals surface area contributed by atoms with E-state index in [-0.39, 0.29) is 28.0 Å². The molecule has 0 saturated heterocycles. The number of carbonyl (C=O) groups is 2. The second kappa shape index (κ2) is 8.83. The van der Waals surface area contributed by atoms with Crippen molar-refractivity contribution in [1.29, 1.82) is 0 Å². The second-order valence-electron chi connectivity index (χ2n) is 8.05. The first kappa shape index (κ1) is 23.3. The molecule has 9 heteroatoms. The van der Waals surface area contributed by atoms with E-state index in [4.69, 9.17) is 4.74 Å². The summed E-state index contributed by atoms with van der Waals surface area (Å²) in [6, 6.07) is 14.8. The van der Waals surface area contributed by atoms with E-state index in [0.717, 1.165) is 0 Å². The normalized spacial score (nSPS) is 12.8. The van der Waals surface area contributed by atoms with Gasteiger partial charge in [-0.05, 0) is 74.4 Å². The number of sulfonamides is 1. The number of rotatable bonds is 5. The minimum Gasteiger partial charge on any atom is -0.454 e. The molecule has 0 fully saturated rings. The third kappa shape index (κ3) is 4.34. The standard InChI is InChI=1S/C25H25N3O5S/c1-5-28-21-8-6-7-9-23(21)33-22-11-10-18(14-20(22)25(28)30)27-34(31,32)19-12-15(2)24(16(3)13-19)26-17(4)29/h6-14,27H,5H2,1-4H3,(H,26,29). The molecule has 0 aromatic heterocycles. The highest BCUT2D eigenvalue weighted by Crippen LogP contribution is 2.39. The molecule has 1 aliphatic rings. The number of benzene rings is 3. The first-order valence-corrected chi connectivity index (χ1v) is 12.2. The molecule has 176 valence electrons. The number of nitrogens with one attached hydrogen (secondary N) is 2. The average Bonchev–Trinajstić information content (AvgIpc) is 2.89. The summed E-state index contributed by atoms with van der Waals surface area (Å²) < 4.78 is 34.8. The van der Waals surface area contributed by atoms with Crippen LogP contribution >= 0.6 is 0 Å². The minimum absolute atomic E-state index is 0.0525. The number of nitrogens with zero attached hydrogens (tertiary/aromatic N) is 1. The van der Waals surface area contributed by atoms with Gasteiger partial charge in [0.05, 0.1) is 16.1 Å². The predicted molar refractivity (Wildman–Crippen MR) is 131 cm³/mol. The third-order valence-corrected chi connectivity index (χ3v) is 6.88. The van der Waals surface area contributed by atoms with Crippen LogP contribution in [0.15, 0.2) is 59.5 Å². The molecular weight excluding hydrogens is 454 g/mol. The second-order valence-corrected chi connectivity index (χ2v) is 9.73. The Balaban J connectivity index is 1.68. The maximum atomic E-state index is 13.3. The van der Waals surface area contributed by atoms with E-state index >= 15 is 0 Å². The molecule has 0 unspecified atom stereocenters. The molecule has 1 heterocycles. The Morgan fingerprint density at radius 3 is 2.32 bits per heavy atom. The molecule has 0 saturated carbocycles. The van der Waals surface area contributed by atoms with E-state index in [1.165, 1.54) is 25.1 Å². The van der Waals surface area contributed by atoms with Crippen LogP contribution in [0.2, 0.25) is 0 Å². The summed E-state index contributed by atoms with van der Waals surface area (Å²) in [5.41, 5.74) is 2.97. The molecule has 3 aromatic rings. The molecule has 0 aliphatic carbocycles. The lowest BCUT2D eigenvalue weighted by Gasteiger charge is -2.20. The molecule has 0 spiro atoms. The summed E-state index contributed by atoms with van der Waals surface area (Å²) in [5.74, 6) is 0.382. The van der Waals surface area contributed by atoms with Crippen LogP contribution in [0.5, 0.6) is 11.5 Å². The number of fused-ring (bicyclic) bond motifs is 2. The van der Waals surface area contributed by atoms with Gasteiger partial charge in [0.1, 0.15) is 5.75 Å². The monoisotopic (exact) mass is 479 g/mol. The zero-order chi connectivity index (χ0) is 24.6. The van der Waals surface area contributed by atoms with Crippen LogP contribution in [0, 0.1) is 13.8 Å². The number of hydrogen-bond donors (Lipinski definition) is 2. The summed E-state index contributed by atoms with van der Waals surface area (Å²) in [4.78, 5) is 26.4. The van der Waals surface area contributed by atoms with Crippen molar-refractivity contribution in [1.82, 2.24) is 0 Å². The van der Waals surface area contributed by atoms with Crippen LogP contribution in [0.1, 0.15) is 35.3 Å². The Kier molecular flexibility index (Phi) is 6.05. The number of amides is 2. The fourth-order valence-electron chi connectivity index (χ4n) is 3.97. The molecule has 2 amide bonds. The van der Waals surface area contributed by atoms with Crippen molar-refractivity contribution in [3.8, 4) is 11.5 Å². The Hall–Kier alpha value is -3.85. The van der Waals surface area contributed by atoms with E-state index < -0.39 is 10.0 Å². The highest BCUT2D eigenvalue weighted by Gasteiger charge is 2.28. The summed E-state index contributed by atoms with van der Waals surface area (Å²) in [7, 11) is -3.96. The summed E-state index contributed by atoms with van der Waals surface area (Å²) in [6.45, 7) is 7.14. The molecule has 0 atom stereocenters. The Bertz CT molecular complexity index is 1390. The fourth-order valence-corrected chi connectivity index (χ4v) is 5.19. The molecule has 0 bridgehead atoms. The Labute approximate surface area is 198 Å². The zero-order valence-electron chi connectivity index (χ0n) is 19.3. The lowest BCUT2D eigenvalue weighted by atomic mass is 10.1. The van der Waals surface area contributed by atoms with Crippen LogP contribution in [0.4, 0.5) is 17.1 Å². The van der Waals surface area contributed by atoms with Gasteiger partial charge in [-0.1, -0.05) is 12.1 Å². The van der Waals surface area contributed by atoms with Crippen LogP contribution in [-0.4, -0.2) is 26.8 Å². The van der Waals surface area contributed by atoms with Gasteiger partial charge in [-0.25, -0.2) is 8.42 Å². The van der Waals surface area contributed by atoms with Gasteiger partial charge in [0, 0.05) is 24.8 Å². The van der Waals surface area contributed by atoms with Gasteiger partial charge in [0.25, 0.3) is 15.9 Å². The van der Waals surface area contributed by atoms with Gasteiger partial charge in [0.2, 0.25) is 5.91 Å². The van der Waals surface area contributed by atoms with E-state index in [1.807, 2.05) is 25.1 Å². The summed E-state index contributed by atoms with van der Waals surface area (Å²) >= 11 is 0. The van der Waals surface area contributed by atoms with Gasteiger partial charge in [-0.2, -0.15) is 0 Å². The van der Waals surface area contributed by atoms with Crippen molar-refractivity contribution in [2.45, 2.75) is 32.6 Å². The van der Waals surface area contributed by atoms with E-state index in [0.29, 0.717) is 40.5 Å². The Morgan fingerprint density at radius 2 is 1.68 bits per heavy atom. The number of hydrogen-bond acceptors (Lipinski definition) is 5. The average molecular weight is 480 g/mol. The first-order valence-electron chi connectivity index (χ1n) is 10.7. The fraction of sp³-hybridized carbons (Fsp3) is 0.200. The van der Waals surface area contributed by atoms with Crippen molar-refractivity contribution in [2.24, 2.45) is 0 Å². The van der Waals surface area contributed by atoms with Crippen LogP contribution in [-0.2, 0) is 14.8 Å². The molecular formula is C25H25N3O5S. The molecule has 34 heavy (non-hydrogen) atoms. The van der Waals surface area contributed by atoms with Gasteiger partial charge >= 0.3 is 0 Å². The number of para-hydroxylation sites is 2. The maximum absolute atomic E-state index is 13.3. The number of carbonyl (C=O) groups excluding carboxylic acids is 2. The Morgan fingerprint density at radius 1 is 1.00 bits per heavy atom. The van der Waals surface area contributed by atoms with Crippen LogP contribution in [0.3, 0.4) is 0 Å². The topological polar surface area (TPSA) is 105 Å². The smallest absolute Gasteiger partial charge is 0.262 e. The van der Waals surface area contributed by atoms with E-state index in [1.54, 1.807) is 36.9 Å². The SMILES string of the molecule is CCN1C(=O)c2cc(NS(=O)(=O)c3cc(C)c(NC(C)=O)c(C)c3)ccc2Oc2ccccc21. The lowest BCUT2D eigenvalue weighted by Crippen LogP contribution is -2.29. The van der Waals surface area contributed by atoms with Crippen molar-refractivity contribution in [3.05, 3.63) is 71.3 Å². The molecule has 0 radical (unpaired) electrons. The zero-order valence-corrected chi connectivity index (χ0v) is 20.1. The van der Waals surface area contributed by atoms with Crippen molar-refractivity contribution in [2.75, 3.05) is 21.5 Å². The lowest BCUT2D eigenvalue weighted by molar-refractivity contribution is -0.114. The van der Waals surface area contributed by atoms with Crippen molar-refractivity contribution < 1.29 is 22.7 Å². The number of ether oxygens (including phenoxy) is 1. The summed E-state index contributed by atoms with van der Waals surface area (Å²) in [5, 5.41) is 2.72. The quantitative estimate of drug-likeness (QED) is 0.545. The highest BCUT2D eigenvalue weighted by molar-refractivity contribution is 7.92. The van der Waals surface area contributed by atoms with Crippen molar-refractivity contribution in [3.63, 3.8) is 0 Å². The molecule has 1 aliphatic heterocycles.